The van der Waals surface area contributed by atoms with Gasteiger partial charge in [-0.05, 0) is 30.5 Å². The van der Waals surface area contributed by atoms with E-state index in [-0.39, 0.29) is 18.6 Å². The van der Waals surface area contributed by atoms with Crippen molar-refractivity contribution < 1.29 is 9.90 Å². The van der Waals surface area contributed by atoms with Crippen LogP contribution < -0.4 is 5.32 Å². The second kappa shape index (κ2) is 5.89. The average molecular weight is 260 g/mol. The van der Waals surface area contributed by atoms with Gasteiger partial charge in [0.15, 0.2) is 0 Å². The molecule has 4 nitrogen and oxygen atoms in total. The molecule has 0 aliphatic carbocycles. The van der Waals surface area contributed by atoms with Gasteiger partial charge in [-0.3, -0.25) is 4.79 Å². The molecule has 0 saturated carbocycles. The van der Waals surface area contributed by atoms with Crippen molar-refractivity contribution in [2.24, 2.45) is 5.92 Å². The Morgan fingerprint density at radius 2 is 2.16 bits per heavy atom. The highest BCUT2D eigenvalue weighted by molar-refractivity contribution is 6.06. The van der Waals surface area contributed by atoms with Gasteiger partial charge in [-0.15, -0.1) is 0 Å². The zero-order chi connectivity index (χ0) is 13.8. The van der Waals surface area contributed by atoms with E-state index < -0.39 is 0 Å². The van der Waals surface area contributed by atoms with E-state index in [2.05, 4.69) is 10.3 Å². The molecule has 3 N–H and O–H groups in total. The number of carbonyl (C=O) groups is 1. The van der Waals surface area contributed by atoms with Gasteiger partial charge in [0.25, 0.3) is 5.91 Å². The third-order valence-corrected chi connectivity index (χ3v) is 3.40. The van der Waals surface area contributed by atoms with Gasteiger partial charge in [-0.2, -0.15) is 0 Å². The number of benzene rings is 1. The van der Waals surface area contributed by atoms with Crippen LogP contribution in [0, 0.1) is 5.92 Å². The molecular weight excluding hydrogens is 240 g/mol. The maximum atomic E-state index is 12.3. The highest BCUT2D eigenvalue weighted by Crippen LogP contribution is 2.18. The lowest BCUT2D eigenvalue weighted by atomic mass is 10.0. The molecule has 0 fully saturated rings. The standard InChI is InChI=1S/C15H20N2O2/c1-10(2)13(7-9-18)17-15(19)12-4-3-5-14-11(12)6-8-16-14/h3-6,8,10,13,16,18H,7,9H2,1-2H3,(H,17,19). The molecule has 0 aliphatic rings. The fourth-order valence-corrected chi connectivity index (χ4v) is 2.24. The minimum Gasteiger partial charge on any atom is -0.396 e. The Kier molecular flexibility index (Phi) is 4.22. The van der Waals surface area contributed by atoms with Gasteiger partial charge in [-0.25, -0.2) is 0 Å². The number of carbonyl (C=O) groups excluding carboxylic acids is 1. The Bertz CT molecular complexity index is 560. The van der Waals surface area contributed by atoms with Crippen LogP contribution in [-0.2, 0) is 0 Å². The number of nitrogens with one attached hydrogen (secondary N) is 2. The quantitative estimate of drug-likeness (QED) is 0.772. The van der Waals surface area contributed by atoms with E-state index in [1.54, 1.807) is 0 Å². The fourth-order valence-electron chi connectivity index (χ4n) is 2.24. The molecule has 4 heteroatoms. The fraction of sp³-hybridized carbons (Fsp3) is 0.400. The van der Waals surface area contributed by atoms with Crippen molar-refractivity contribution in [2.45, 2.75) is 26.3 Å². The average Bonchev–Trinajstić information content (AvgIpc) is 2.85. The summed E-state index contributed by atoms with van der Waals surface area (Å²) in [7, 11) is 0. The van der Waals surface area contributed by atoms with E-state index in [0.29, 0.717) is 17.9 Å². The lowest BCUT2D eigenvalue weighted by molar-refractivity contribution is 0.0918. The molecule has 102 valence electrons. The first-order valence-corrected chi connectivity index (χ1v) is 6.61. The number of aliphatic hydroxyl groups excluding tert-OH is 1. The maximum Gasteiger partial charge on any atom is 0.252 e. The van der Waals surface area contributed by atoms with Crippen molar-refractivity contribution in [3.05, 3.63) is 36.0 Å². The van der Waals surface area contributed by atoms with Gasteiger partial charge < -0.3 is 15.4 Å². The topological polar surface area (TPSA) is 65.1 Å². The van der Waals surface area contributed by atoms with Gasteiger partial charge >= 0.3 is 0 Å². The van der Waals surface area contributed by atoms with E-state index >= 15 is 0 Å². The summed E-state index contributed by atoms with van der Waals surface area (Å²) < 4.78 is 0. The molecule has 0 spiro atoms. The second-order valence-corrected chi connectivity index (χ2v) is 5.08. The Labute approximate surface area is 112 Å². The first-order chi connectivity index (χ1) is 9.13. The predicted octanol–water partition coefficient (Wildman–Crippen LogP) is 2.30. The number of aromatic nitrogens is 1. The minimum absolute atomic E-state index is 0.00769. The Morgan fingerprint density at radius 1 is 1.37 bits per heavy atom. The summed E-state index contributed by atoms with van der Waals surface area (Å²) in [5.74, 6) is 0.207. The lowest BCUT2D eigenvalue weighted by Gasteiger charge is -2.21. The zero-order valence-corrected chi connectivity index (χ0v) is 11.3. The summed E-state index contributed by atoms with van der Waals surface area (Å²) in [4.78, 5) is 15.4. The van der Waals surface area contributed by atoms with Crippen LogP contribution in [0.2, 0.25) is 0 Å². The van der Waals surface area contributed by atoms with Crippen LogP contribution in [0.5, 0.6) is 0 Å². The molecule has 2 rings (SSSR count). The number of aromatic amines is 1. The number of aliphatic hydroxyl groups is 1. The minimum atomic E-state index is -0.0858. The third kappa shape index (κ3) is 2.96. The van der Waals surface area contributed by atoms with Crippen LogP contribution in [-0.4, -0.2) is 28.6 Å². The smallest absolute Gasteiger partial charge is 0.252 e. The molecular formula is C15H20N2O2. The number of fused-ring (bicyclic) bond motifs is 1. The van der Waals surface area contributed by atoms with E-state index in [1.807, 2.05) is 44.3 Å². The van der Waals surface area contributed by atoms with Crippen LogP contribution in [0.15, 0.2) is 30.5 Å². The van der Waals surface area contributed by atoms with Crippen molar-refractivity contribution >= 4 is 16.8 Å². The van der Waals surface area contributed by atoms with Gasteiger partial charge in [0.1, 0.15) is 0 Å². The molecule has 1 aromatic heterocycles. The van der Waals surface area contributed by atoms with Crippen molar-refractivity contribution in [3.8, 4) is 0 Å². The molecule has 0 saturated heterocycles. The summed E-state index contributed by atoms with van der Waals surface area (Å²) >= 11 is 0. The van der Waals surface area contributed by atoms with E-state index in [0.717, 1.165) is 10.9 Å². The first-order valence-electron chi connectivity index (χ1n) is 6.61. The number of H-pyrrole nitrogens is 1. The number of hydrogen-bond acceptors (Lipinski definition) is 2. The summed E-state index contributed by atoms with van der Waals surface area (Å²) in [6, 6.07) is 7.53. The monoisotopic (exact) mass is 260 g/mol. The van der Waals surface area contributed by atoms with E-state index in [4.69, 9.17) is 5.11 Å². The van der Waals surface area contributed by atoms with Crippen LogP contribution in [0.3, 0.4) is 0 Å². The molecule has 1 unspecified atom stereocenters. The van der Waals surface area contributed by atoms with Crippen molar-refractivity contribution in [1.29, 1.82) is 0 Å². The Hall–Kier alpha value is -1.81. The summed E-state index contributed by atoms with van der Waals surface area (Å²) in [6.45, 7) is 4.16. The van der Waals surface area contributed by atoms with Gasteiger partial charge in [0.05, 0.1) is 0 Å². The van der Waals surface area contributed by atoms with Gasteiger partial charge in [-0.1, -0.05) is 19.9 Å². The highest BCUT2D eigenvalue weighted by Gasteiger charge is 2.18. The Morgan fingerprint density at radius 3 is 2.84 bits per heavy atom. The molecule has 2 aromatic rings. The van der Waals surface area contributed by atoms with Crippen LogP contribution >= 0.6 is 0 Å². The van der Waals surface area contributed by atoms with Gasteiger partial charge in [0.2, 0.25) is 0 Å². The van der Waals surface area contributed by atoms with Crippen LogP contribution in [0.4, 0.5) is 0 Å². The molecule has 0 aliphatic heterocycles. The summed E-state index contributed by atoms with van der Waals surface area (Å²) in [5.41, 5.74) is 1.62. The first kappa shape index (κ1) is 13.6. The summed E-state index contributed by atoms with van der Waals surface area (Å²) in [5, 5.41) is 13.0. The molecule has 1 atom stereocenters. The molecule has 0 bridgehead atoms. The van der Waals surface area contributed by atoms with Gasteiger partial charge in [0, 0.05) is 35.3 Å². The van der Waals surface area contributed by atoms with E-state index in [1.165, 1.54) is 0 Å². The van der Waals surface area contributed by atoms with Crippen molar-refractivity contribution in [1.82, 2.24) is 10.3 Å². The largest absolute Gasteiger partial charge is 0.396 e. The molecule has 0 radical (unpaired) electrons. The van der Waals surface area contributed by atoms with Crippen molar-refractivity contribution in [2.75, 3.05) is 6.61 Å². The Balaban J connectivity index is 2.21. The predicted molar refractivity (Wildman–Crippen MR) is 76.1 cm³/mol. The van der Waals surface area contributed by atoms with Crippen molar-refractivity contribution in [3.63, 3.8) is 0 Å². The number of rotatable bonds is 5. The summed E-state index contributed by atoms with van der Waals surface area (Å²) in [6.07, 6.45) is 2.40. The molecule has 1 heterocycles. The molecule has 1 amide bonds. The van der Waals surface area contributed by atoms with E-state index in [9.17, 15) is 4.79 Å². The van der Waals surface area contributed by atoms with Crippen LogP contribution in [0.25, 0.3) is 10.9 Å². The second-order valence-electron chi connectivity index (χ2n) is 5.08. The molecule has 1 aromatic carbocycles. The zero-order valence-electron chi connectivity index (χ0n) is 11.3. The molecule has 19 heavy (non-hydrogen) atoms. The number of hydrogen-bond donors (Lipinski definition) is 3. The maximum absolute atomic E-state index is 12.3. The normalized spacial score (nSPS) is 12.8. The number of amides is 1. The third-order valence-electron chi connectivity index (χ3n) is 3.40. The highest BCUT2D eigenvalue weighted by atomic mass is 16.3. The lowest BCUT2D eigenvalue weighted by Crippen LogP contribution is -2.39. The SMILES string of the molecule is CC(C)C(CCO)NC(=O)c1cccc2[nH]ccc12. The van der Waals surface area contributed by atoms with Crippen LogP contribution in [0.1, 0.15) is 30.6 Å².